The molecule has 0 spiro atoms. The molecule has 0 unspecified atom stereocenters. The van der Waals surface area contributed by atoms with E-state index in [1.807, 2.05) is 26.8 Å². The zero-order valence-electron chi connectivity index (χ0n) is 17.3. The van der Waals surface area contributed by atoms with Gasteiger partial charge in [0.25, 0.3) is 0 Å². The molecular weight excluding hydrogens is 388 g/mol. The fraction of sp³-hybridized carbons (Fsp3) is 0.429. The molecule has 2 N–H and O–H groups in total. The number of aromatic nitrogens is 1. The minimum Gasteiger partial charge on any atom is -0.478 e. The van der Waals surface area contributed by atoms with Gasteiger partial charge in [-0.3, -0.25) is 5.43 Å². The second kappa shape index (κ2) is 8.98. The summed E-state index contributed by atoms with van der Waals surface area (Å²) in [6, 6.07) is 8.30. The average Bonchev–Trinajstić information content (AvgIpc) is 3.16. The number of rotatable bonds is 5. The number of carbonyl (C=O) groups is 2. The molecule has 1 aliphatic rings. The fourth-order valence-corrected chi connectivity index (χ4v) is 3.17. The van der Waals surface area contributed by atoms with Gasteiger partial charge in [0.1, 0.15) is 5.60 Å². The number of ether oxygens (including phenoxy) is 1. The van der Waals surface area contributed by atoms with Crippen LogP contribution in [0.15, 0.2) is 40.0 Å². The molecule has 160 valence electrons. The Hall–Kier alpha value is -3.36. The third kappa shape index (κ3) is 5.59. The van der Waals surface area contributed by atoms with E-state index in [1.54, 1.807) is 23.1 Å². The van der Waals surface area contributed by atoms with E-state index < -0.39 is 11.6 Å². The number of hydrogen-bond acceptors (Lipinski definition) is 7. The van der Waals surface area contributed by atoms with E-state index in [1.165, 1.54) is 12.3 Å². The molecule has 2 heterocycles. The van der Waals surface area contributed by atoms with Crippen molar-refractivity contribution in [3.8, 4) is 0 Å². The maximum Gasteiger partial charge on any atom is 0.410 e. The van der Waals surface area contributed by atoms with Crippen LogP contribution in [-0.2, 0) is 4.74 Å². The summed E-state index contributed by atoms with van der Waals surface area (Å²) in [4.78, 5) is 25.1. The normalized spacial score (nSPS) is 15.4. The van der Waals surface area contributed by atoms with Gasteiger partial charge in [-0.25, -0.2) is 9.59 Å². The maximum atomic E-state index is 12.2. The van der Waals surface area contributed by atoms with Gasteiger partial charge in [-0.1, -0.05) is 17.3 Å². The highest BCUT2D eigenvalue weighted by Gasteiger charge is 2.28. The molecule has 0 atom stereocenters. The molecule has 1 amide bonds. The first-order valence-electron chi connectivity index (χ1n) is 9.79. The largest absolute Gasteiger partial charge is 0.478 e. The number of likely N-dealkylation sites (tertiary alicyclic amines) is 1. The maximum absolute atomic E-state index is 12.2. The van der Waals surface area contributed by atoms with Crippen LogP contribution in [-0.4, -0.2) is 52.1 Å². The van der Waals surface area contributed by atoms with Gasteiger partial charge in [-0.2, -0.15) is 5.10 Å². The topological polar surface area (TPSA) is 117 Å². The first kappa shape index (κ1) is 21.4. The number of piperidine rings is 1. The zero-order chi connectivity index (χ0) is 21.7. The number of nitrogens with one attached hydrogen (secondary N) is 1. The van der Waals surface area contributed by atoms with Crippen molar-refractivity contribution in [2.45, 2.75) is 45.1 Å². The first-order valence-corrected chi connectivity index (χ1v) is 9.79. The Morgan fingerprint density at radius 3 is 2.67 bits per heavy atom. The number of carboxylic acid groups (broad SMARTS) is 1. The molecular formula is C21H26N4O5. The molecule has 2 aromatic rings. The fourth-order valence-electron chi connectivity index (χ4n) is 3.17. The third-order valence-electron chi connectivity index (χ3n) is 4.65. The Morgan fingerprint density at radius 2 is 2.00 bits per heavy atom. The molecule has 0 bridgehead atoms. The number of carbonyl (C=O) groups excluding carboxylic acids is 1. The Balaban J connectivity index is 1.54. The summed E-state index contributed by atoms with van der Waals surface area (Å²) in [6.45, 7) is 6.76. The number of carboxylic acids is 1. The van der Waals surface area contributed by atoms with Crippen LogP contribution in [0, 0.1) is 0 Å². The molecule has 1 aromatic heterocycles. The van der Waals surface area contributed by atoms with E-state index in [0.717, 1.165) is 18.5 Å². The van der Waals surface area contributed by atoms with Gasteiger partial charge in [0.15, 0.2) is 5.76 Å². The van der Waals surface area contributed by atoms with Gasteiger partial charge in [0.05, 0.1) is 23.2 Å². The van der Waals surface area contributed by atoms with Crippen molar-refractivity contribution in [1.29, 1.82) is 0 Å². The zero-order valence-corrected chi connectivity index (χ0v) is 17.3. The molecule has 9 heteroatoms. The first-order chi connectivity index (χ1) is 14.2. The van der Waals surface area contributed by atoms with Crippen LogP contribution in [0.1, 0.15) is 61.3 Å². The number of anilines is 1. The van der Waals surface area contributed by atoms with Crippen LogP contribution < -0.4 is 5.43 Å². The van der Waals surface area contributed by atoms with Crippen LogP contribution in [0.3, 0.4) is 0 Å². The lowest BCUT2D eigenvalue weighted by Gasteiger charge is -2.32. The molecule has 1 aliphatic heterocycles. The van der Waals surface area contributed by atoms with Crippen molar-refractivity contribution in [1.82, 2.24) is 10.1 Å². The molecule has 0 radical (unpaired) electrons. The van der Waals surface area contributed by atoms with Crippen molar-refractivity contribution in [2.75, 3.05) is 18.5 Å². The van der Waals surface area contributed by atoms with Gasteiger partial charge < -0.3 is 19.3 Å². The van der Waals surface area contributed by atoms with Gasteiger partial charge in [0.2, 0.25) is 0 Å². The van der Waals surface area contributed by atoms with Crippen LogP contribution in [0.25, 0.3) is 0 Å². The van der Waals surface area contributed by atoms with Crippen LogP contribution in [0.2, 0.25) is 0 Å². The summed E-state index contributed by atoms with van der Waals surface area (Å²) in [5.41, 5.74) is 3.53. The van der Waals surface area contributed by atoms with Crippen molar-refractivity contribution >= 4 is 24.0 Å². The summed E-state index contributed by atoms with van der Waals surface area (Å²) >= 11 is 0. The van der Waals surface area contributed by atoms with Crippen LogP contribution in [0.4, 0.5) is 10.5 Å². The lowest BCUT2D eigenvalue weighted by Crippen LogP contribution is -2.41. The Bertz CT molecular complexity index is 923. The highest BCUT2D eigenvalue weighted by Crippen LogP contribution is 2.28. The van der Waals surface area contributed by atoms with E-state index >= 15 is 0 Å². The number of hydrazone groups is 1. The molecule has 9 nitrogen and oxygen atoms in total. The Kier molecular flexibility index (Phi) is 6.39. The summed E-state index contributed by atoms with van der Waals surface area (Å²) in [5, 5.41) is 17.3. The predicted octanol–water partition coefficient (Wildman–Crippen LogP) is 3.93. The minimum absolute atomic E-state index is 0.129. The van der Waals surface area contributed by atoms with Crippen LogP contribution in [0.5, 0.6) is 0 Å². The monoisotopic (exact) mass is 414 g/mol. The second-order valence-corrected chi connectivity index (χ2v) is 8.12. The molecule has 1 saturated heterocycles. The van der Waals surface area contributed by atoms with Gasteiger partial charge in [-0.15, -0.1) is 0 Å². The number of benzene rings is 1. The van der Waals surface area contributed by atoms with Crippen molar-refractivity contribution < 1.29 is 24.0 Å². The SMILES string of the molecule is CC(C)(C)OC(=O)N1CCC(c2cc(/C=N/Nc3ccccc3C(=O)O)on2)CC1. The number of para-hydroxylation sites is 1. The van der Waals surface area contributed by atoms with E-state index in [9.17, 15) is 14.7 Å². The molecule has 1 fully saturated rings. The summed E-state index contributed by atoms with van der Waals surface area (Å²) in [5.74, 6) is -0.386. The quantitative estimate of drug-likeness (QED) is 0.562. The number of nitrogens with zero attached hydrogens (tertiary/aromatic N) is 3. The summed E-state index contributed by atoms with van der Waals surface area (Å²) in [6.07, 6.45) is 2.70. The smallest absolute Gasteiger partial charge is 0.410 e. The highest BCUT2D eigenvalue weighted by atomic mass is 16.6. The Labute approximate surface area is 174 Å². The van der Waals surface area contributed by atoms with Gasteiger partial charge >= 0.3 is 12.1 Å². The van der Waals surface area contributed by atoms with Crippen molar-refractivity contribution in [2.24, 2.45) is 5.10 Å². The van der Waals surface area contributed by atoms with E-state index in [0.29, 0.717) is 24.5 Å². The number of aromatic carboxylic acids is 1. The lowest BCUT2D eigenvalue weighted by molar-refractivity contribution is 0.0203. The van der Waals surface area contributed by atoms with E-state index in [-0.39, 0.29) is 17.6 Å². The summed E-state index contributed by atoms with van der Waals surface area (Å²) in [7, 11) is 0. The molecule has 0 saturated carbocycles. The average molecular weight is 414 g/mol. The second-order valence-electron chi connectivity index (χ2n) is 8.12. The molecule has 30 heavy (non-hydrogen) atoms. The molecule has 0 aliphatic carbocycles. The Morgan fingerprint density at radius 1 is 1.30 bits per heavy atom. The number of amides is 1. The van der Waals surface area contributed by atoms with E-state index in [2.05, 4.69) is 15.7 Å². The van der Waals surface area contributed by atoms with Gasteiger partial charge in [-0.05, 0) is 45.7 Å². The molecule has 1 aromatic carbocycles. The van der Waals surface area contributed by atoms with Crippen molar-refractivity contribution in [3.05, 3.63) is 47.3 Å². The predicted molar refractivity (Wildman–Crippen MR) is 111 cm³/mol. The summed E-state index contributed by atoms with van der Waals surface area (Å²) < 4.78 is 10.7. The van der Waals surface area contributed by atoms with Crippen LogP contribution >= 0.6 is 0 Å². The van der Waals surface area contributed by atoms with Crippen molar-refractivity contribution in [3.63, 3.8) is 0 Å². The third-order valence-corrected chi connectivity index (χ3v) is 4.65. The van der Waals surface area contributed by atoms with E-state index in [4.69, 9.17) is 9.26 Å². The minimum atomic E-state index is -1.03. The number of hydrogen-bond donors (Lipinski definition) is 2. The highest BCUT2D eigenvalue weighted by molar-refractivity contribution is 5.94. The molecule has 3 rings (SSSR count). The standard InChI is InChI=1S/C21H26N4O5/c1-21(2,3)29-20(28)25-10-8-14(9-11-25)18-12-15(30-24-18)13-22-23-17-7-5-4-6-16(17)19(26)27/h4-7,12-14,23H,8-11H2,1-3H3,(H,26,27)/b22-13+. The van der Waals surface area contributed by atoms with Gasteiger partial charge in [0, 0.05) is 25.1 Å². The lowest BCUT2D eigenvalue weighted by atomic mass is 9.93.